The van der Waals surface area contributed by atoms with E-state index in [0.29, 0.717) is 55.1 Å². The van der Waals surface area contributed by atoms with Crippen molar-refractivity contribution < 1.29 is 23.7 Å². The Kier molecular flexibility index (Phi) is 10.8. The Morgan fingerprint density at radius 3 is 2.51 bits per heavy atom. The van der Waals surface area contributed by atoms with Crippen LogP contribution in [0.2, 0.25) is 0 Å². The molecule has 0 radical (unpaired) electrons. The molecule has 12 heteroatoms. The van der Waals surface area contributed by atoms with Gasteiger partial charge in [0.15, 0.2) is 11.5 Å². The molecular formula is C37H45N7O5. The number of anilines is 1. The number of aromatic amines is 1. The van der Waals surface area contributed by atoms with E-state index >= 15 is 0 Å². The van der Waals surface area contributed by atoms with Crippen molar-refractivity contribution in [3.63, 3.8) is 0 Å². The van der Waals surface area contributed by atoms with Gasteiger partial charge in [0.2, 0.25) is 11.7 Å². The van der Waals surface area contributed by atoms with E-state index in [0.717, 1.165) is 62.3 Å². The molecule has 0 spiro atoms. The lowest BCUT2D eigenvalue weighted by molar-refractivity contribution is 0.0779. The van der Waals surface area contributed by atoms with Gasteiger partial charge in [0.05, 0.1) is 45.0 Å². The molecule has 0 bridgehead atoms. The van der Waals surface area contributed by atoms with Crippen molar-refractivity contribution in [3.05, 3.63) is 72.1 Å². The minimum absolute atomic E-state index is 0.0599. The summed E-state index contributed by atoms with van der Waals surface area (Å²) >= 11 is 0. The highest BCUT2D eigenvalue weighted by atomic mass is 16.5. The summed E-state index contributed by atoms with van der Waals surface area (Å²) in [6, 6.07) is 18.0. The number of para-hydroxylation sites is 2. The maximum Gasteiger partial charge on any atom is 0.254 e. The summed E-state index contributed by atoms with van der Waals surface area (Å²) in [4.78, 5) is 33.6. The standard InChI is InChI=1S/C37H45N7O5/c1-46-32-23-27(24-33(47-2)34(32)48-3)35(45)43-19-13-37(26-43,28-7-6-15-39-25-28)12-18-42-16-10-29(11-17-42)44(20-22-49-21-14-38)36-40-30-8-4-5-9-31(30)41-36/h4-9,15,23-25,29H,10-13,16-22,26H2,1-3H3,(H,40,41). The summed E-state index contributed by atoms with van der Waals surface area (Å²) < 4.78 is 22.1. The fraction of sp³-hybridized carbons (Fsp3) is 0.459. The molecule has 4 heterocycles. The Morgan fingerprint density at radius 1 is 1.06 bits per heavy atom. The number of benzene rings is 2. The van der Waals surface area contributed by atoms with Gasteiger partial charge in [-0.1, -0.05) is 18.2 Å². The molecule has 1 atom stereocenters. The van der Waals surface area contributed by atoms with Gasteiger partial charge >= 0.3 is 0 Å². The average Bonchev–Trinajstić information content (AvgIpc) is 3.79. The molecule has 2 aliphatic heterocycles. The lowest BCUT2D eigenvalue weighted by atomic mass is 9.77. The minimum atomic E-state index is -0.209. The van der Waals surface area contributed by atoms with E-state index in [1.165, 1.54) is 5.56 Å². The van der Waals surface area contributed by atoms with Gasteiger partial charge in [-0.3, -0.25) is 9.78 Å². The molecule has 1 N–H and O–H groups in total. The molecule has 49 heavy (non-hydrogen) atoms. The molecule has 6 rings (SSSR count). The maximum atomic E-state index is 13.9. The largest absolute Gasteiger partial charge is 0.493 e. The molecule has 1 amide bonds. The predicted octanol–water partition coefficient (Wildman–Crippen LogP) is 4.67. The average molecular weight is 668 g/mol. The molecule has 258 valence electrons. The number of methoxy groups -OCH3 is 3. The number of imidazole rings is 1. The number of pyridine rings is 1. The van der Waals surface area contributed by atoms with E-state index in [-0.39, 0.29) is 17.9 Å². The van der Waals surface area contributed by atoms with Crippen LogP contribution in [0, 0.1) is 11.3 Å². The number of ether oxygens (including phenoxy) is 4. The molecule has 4 aromatic rings. The lowest BCUT2D eigenvalue weighted by Gasteiger charge is -2.40. The quantitative estimate of drug-likeness (QED) is 0.190. The van der Waals surface area contributed by atoms with Gasteiger partial charge in [0.25, 0.3) is 5.91 Å². The molecular weight excluding hydrogens is 622 g/mol. The van der Waals surface area contributed by atoms with Crippen LogP contribution in [-0.4, -0.2) is 111 Å². The number of hydrogen-bond acceptors (Lipinski definition) is 10. The van der Waals surface area contributed by atoms with Crippen molar-refractivity contribution in [2.75, 3.05) is 78.7 Å². The first kappa shape index (κ1) is 34.0. The number of nitrogens with one attached hydrogen (secondary N) is 1. The van der Waals surface area contributed by atoms with Crippen molar-refractivity contribution in [2.45, 2.75) is 37.1 Å². The number of carbonyl (C=O) groups is 1. The van der Waals surface area contributed by atoms with Gasteiger partial charge in [0.1, 0.15) is 6.61 Å². The third kappa shape index (κ3) is 7.43. The highest BCUT2D eigenvalue weighted by Crippen LogP contribution is 2.41. The van der Waals surface area contributed by atoms with Crippen molar-refractivity contribution in [2.24, 2.45) is 0 Å². The lowest BCUT2D eigenvalue weighted by Crippen LogP contribution is -2.47. The van der Waals surface area contributed by atoms with E-state index in [1.807, 2.05) is 41.4 Å². The Bertz CT molecular complexity index is 1690. The topological polar surface area (TPSA) is 129 Å². The third-order valence-electron chi connectivity index (χ3n) is 10.0. The Morgan fingerprint density at radius 2 is 1.84 bits per heavy atom. The second kappa shape index (κ2) is 15.6. The van der Waals surface area contributed by atoms with E-state index in [9.17, 15) is 4.79 Å². The second-order valence-corrected chi connectivity index (χ2v) is 12.7. The van der Waals surface area contributed by atoms with Crippen LogP contribution in [0.25, 0.3) is 11.0 Å². The number of piperidine rings is 1. The summed E-state index contributed by atoms with van der Waals surface area (Å²) in [5.41, 5.74) is 3.41. The number of rotatable bonds is 14. The molecule has 2 aromatic heterocycles. The molecule has 2 aromatic carbocycles. The number of aromatic nitrogens is 3. The van der Waals surface area contributed by atoms with E-state index < -0.39 is 0 Å². The number of amides is 1. The van der Waals surface area contributed by atoms with Gasteiger partial charge in [-0.2, -0.15) is 5.26 Å². The number of H-pyrrole nitrogens is 1. The van der Waals surface area contributed by atoms with E-state index in [4.69, 9.17) is 29.2 Å². The van der Waals surface area contributed by atoms with Gasteiger partial charge in [-0.25, -0.2) is 4.98 Å². The number of nitrogens with zero attached hydrogens (tertiary/aromatic N) is 6. The van der Waals surface area contributed by atoms with Crippen molar-refractivity contribution >= 4 is 22.9 Å². The first-order valence-corrected chi connectivity index (χ1v) is 16.9. The molecule has 0 saturated carbocycles. The second-order valence-electron chi connectivity index (χ2n) is 12.7. The highest BCUT2D eigenvalue weighted by molar-refractivity contribution is 5.96. The summed E-state index contributed by atoms with van der Waals surface area (Å²) in [5.74, 6) is 2.16. The SMILES string of the molecule is COc1cc(C(=O)N2CCC(CCN3CCC(N(CCOCC#N)c4nc5ccccc5[nH]4)CC3)(c3cccnc3)C2)cc(OC)c1OC. The predicted molar refractivity (Wildman–Crippen MR) is 186 cm³/mol. The van der Waals surface area contributed by atoms with Crippen molar-refractivity contribution in [3.8, 4) is 23.3 Å². The van der Waals surface area contributed by atoms with Crippen LogP contribution in [0.15, 0.2) is 60.9 Å². The van der Waals surface area contributed by atoms with Gasteiger partial charge in [-0.05, 0) is 68.1 Å². The Labute approximate surface area is 287 Å². The van der Waals surface area contributed by atoms with E-state index in [2.05, 4.69) is 31.9 Å². The summed E-state index contributed by atoms with van der Waals surface area (Å²) in [7, 11) is 4.66. The maximum absolute atomic E-state index is 13.9. The van der Waals surface area contributed by atoms with Crippen LogP contribution < -0.4 is 19.1 Å². The van der Waals surface area contributed by atoms with Crippen LogP contribution in [-0.2, 0) is 10.2 Å². The number of likely N-dealkylation sites (tertiary alicyclic amines) is 2. The van der Waals surface area contributed by atoms with Crippen LogP contribution >= 0.6 is 0 Å². The number of nitriles is 1. The molecule has 2 saturated heterocycles. The highest BCUT2D eigenvalue weighted by Gasteiger charge is 2.42. The summed E-state index contributed by atoms with van der Waals surface area (Å²) in [6.07, 6.45) is 7.50. The van der Waals surface area contributed by atoms with Crippen LogP contribution in [0.5, 0.6) is 17.2 Å². The monoisotopic (exact) mass is 667 g/mol. The molecule has 0 aliphatic carbocycles. The van der Waals surface area contributed by atoms with Crippen LogP contribution in [0.3, 0.4) is 0 Å². The van der Waals surface area contributed by atoms with Crippen molar-refractivity contribution in [1.82, 2.24) is 24.8 Å². The molecule has 2 aliphatic rings. The van der Waals surface area contributed by atoms with Crippen molar-refractivity contribution in [1.29, 1.82) is 5.26 Å². The smallest absolute Gasteiger partial charge is 0.254 e. The third-order valence-corrected chi connectivity index (χ3v) is 10.0. The fourth-order valence-corrected chi connectivity index (χ4v) is 7.34. The number of fused-ring (bicyclic) bond motifs is 1. The zero-order chi connectivity index (χ0) is 34.2. The minimum Gasteiger partial charge on any atom is -0.493 e. The first-order chi connectivity index (χ1) is 24.0. The Balaban J connectivity index is 1.13. The summed E-state index contributed by atoms with van der Waals surface area (Å²) in [5, 5.41) is 8.94. The number of carbonyl (C=O) groups excluding carboxylic acids is 1. The molecule has 12 nitrogen and oxygen atoms in total. The molecule has 1 unspecified atom stereocenters. The fourth-order valence-electron chi connectivity index (χ4n) is 7.34. The Hall–Kier alpha value is -4.86. The summed E-state index contributed by atoms with van der Waals surface area (Å²) in [6.45, 7) is 5.28. The molecule has 2 fully saturated rings. The van der Waals surface area contributed by atoms with Gasteiger partial charge < -0.3 is 38.6 Å². The van der Waals surface area contributed by atoms with E-state index in [1.54, 1.807) is 39.7 Å². The normalized spacial score (nSPS) is 18.4. The zero-order valence-corrected chi connectivity index (χ0v) is 28.6. The van der Waals surface area contributed by atoms with Gasteiger partial charge in [-0.15, -0.1) is 0 Å². The van der Waals surface area contributed by atoms with Crippen LogP contribution in [0.1, 0.15) is 41.6 Å². The van der Waals surface area contributed by atoms with Crippen LogP contribution in [0.4, 0.5) is 5.95 Å². The van der Waals surface area contributed by atoms with Gasteiger partial charge in [0, 0.05) is 62.1 Å². The number of hydrogen-bond donors (Lipinski definition) is 1. The zero-order valence-electron chi connectivity index (χ0n) is 28.6. The first-order valence-electron chi connectivity index (χ1n) is 16.9.